The van der Waals surface area contributed by atoms with Crippen molar-refractivity contribution in [1.29, 1.82) is 0 Å². The van der Waals surface area contributed by atoms with E-state index in [1.807, 2.05) is 19.0 Å². The standard InChI is InChI=1S/C21H25N5O5S3/c1-23(2)10-5-11-24(21-22-16-9-8-15(26(28)29)14-18(16)33-21)20(27)17-6-3-12-25(17)34(30,31)19-7-4-13-32-19/h4,7-9,13-14,17H,3,5-6,10-12H2,1-2H3. The summed E-state index contributed by atoms with van der Waals surface area (Å²) >= 11 is 2.33. The molecule has 1 fully saturated rings. The van der Waals surface area contributed by atoms with E-state index in [9.17, 15) is 23.3 Å². The molecule has 182 valence electrons. The van der Waals surface area contributed by atoms with Crippen LogP contribution in [0.15, 0.2) is 39.9 Å². The Morgan fingerprint density at radius 1 is 1.29 bits per heavy atom. The summed E-state index contributed by atoms with van der Waals surface area (Å²) in [6.45, 7) is 1.39. The Balaban J connectivity index is 1.67. The van der Waals surface area contributed by atoms with Gasteiger partial charge in [-0.15, -0.1) is 11.3 Å². The Bertz CT molecular complexity index is 1290. The molecule has 2 aromatic heterocycles. The fraction of sp³-hybridized carbons (Fsp3) is 0.429. The predicted octanol–water partition coefficient (Wildman–Crippen LogP) is 3.40. The number of anilines is 1. The summed E-state index contributed by atoms with van der Waals surface area (Å²) in [5, 5.41) is 13.3. The monoisotopic (exact) mass is 523 g/mol. The minimum Gasteiger partial charge on any atom is -0.309 e. The molecule has 0 N–H and O–H groups in total. The average Bonchev–Trinajstić information content (AvgIpc) is 3.55. The summed E-state index contributed by atoms with van der Waals surface area (Å²) in [6, 6.07) is 6.82. The third kappa shape index (κ3) is 4.98. The number of carbonyl (C=O) groups is 1. The van der Waals surface area contributed by atoms with Crippen LogP contribution >= 0.6 is 22.7 Å². The van der Waals surface area contributed by atoms with Crippen molar-refractivity contribution in [2.45, 2.75) is 29.5 Å². The molecule has 1 unspecified atom stereocenters. The summed E-state index contributed by atoms with van der Waals surface area (Å²) < 4.78 is 28.5. The van der Waals surface area contributed by atoms with E-state index < -0.39 is 21.0 Å². The number of hydrogen-bond acceptors (Lipinski definition) is 9. The van der Waals surface area contributed by atoms with Crippen LogP contribution in [0.3, 0.4) is 0 Å². The molecular formula is C21H25N5O5S3. The Morgan fingerprint density at radius 2 is 2.09 bits per heavy atom. The number of rotatable bonds is 9. The predicted molar refractivity (Wildman–Crippen MR) is 133 cm³/mol. The van der Waals surface area contributed by atoms with Gasteiger partial charge in [-0.05, 0) is 57.4 Å². The lowest BCUT2D eigenvalue weighted by Gasteiger charge is -2.28. The molecule has 1 amide bonds. The van der Waals surface area contributed by atoms with Crippen molar-refractivity contribution in [2.75, 3.05) is 38.6 Å². The first-order valence-corrected chi connectivity index (χ1v) is 13.9. The second-order valence-electron chi connectivity index (χ2n) is 8.26. The smallest absolute Gasteiger partial charge is 0.270 e. The number of benzene rings is 1. The van der Waals surface area contributed by atoms with Gasteiger partial charge >= 0.3 is 0 Å². The Morgan fingerprint density at radius 3 is 2.76 bits per heavy atom. The second kappa shape index (κ2) is 10.0. The Kier molecular flexibility index (Phi) is 7.28. The van der Waals surface area contributed by atoms with Gasteiger partial charge < -0.3 is 4.90 Å². The number of nitrogens with zero attached hydrogens (tertiary/aromatic N) is 5. The quantitative estimate of drug-likeness (QED) is 0.312. The number of nitro groups is 1. The molecule has 0 radical (unpaired) electrons. The van der Waals surface area contributed by atoms with Crippen LogP contribution < -0.4 is 4.90 Å². The molecule has 1 saturated heterocycles. The second-order valence-corrected chi connectivity index (χ2v) is 12.3. The molecule has 13 heteroatoms. The van der Waals surface area contributed by atoms with Gasteiger partial charge in [0.25, 0.3) is 15.7 Å². The van der Waals surface area contributed by atoms with Gasteiger partial charge in [0.1, 0.15) is 10.3 Å². The molecule has 1 aliphatic heterocycles. The van der Waals surface area contributed by atoms with E-state index in [2.05, 4.69) is 4.98 Å². The van der Waals surface area contributed by atoms with E-state index in [0.717, 1.165) is 17.9 Å². The number of nitro benzene ring substituents is 1. The first kappa shape index (κ1) is 24.7. The van der Waals surface area contributed by atoms with Gasteiger partial charge in [-0.25, -0.2) is 13.4 Å². The number of carbonyl (C=O) groups excluding carboxylic acids is 1. The van der Waals surface area contributed by atoms with Crippen LogP contribution in [0.5, 0.6) is 0 Å². The van der Waals surface area contributed by atoms with Crippen molar-refractivity contribution in [2.24, 2.45) is 0 Å². The molecule has 1 aliphatic rings. The van der Waals surface area contributed by atoms with Gasteiger partial charge in [0.2, 0.25) is 5.91 Å². The minimum atomic E-state index is -3.77. The molecule has 3 heterocycles. The van der Waals surface area contributed by atoms with Crippen LogP contribution in [0.2, 0.25) is 0 Å². The van der Waals surface area contributed by atoms with Crippen molar-refractivity contribution < 1.29 is 18.1 Å². The van der Waals surface area contributed by atoms with Gasteiger partial charge in [0, 0.05) is 25.2 Å². The Labute approximate surface area is 205 Å². The maximum Gasteiger partial charge on any atom is 0.270 e. The molecule has 1 atom stereocenters. The largest absolute Gasteiger partial charge is 0.309 e. The third-order valence-corrected chi connectivity index (χ3v) is 9.92. The summed E-state index contributed by atoms with van der Waals surface area (Å²) in [5.74, 6) is -0.315. The molecule has 0 spiro atoms. The summed E-state index contributed by atoms with van der Waals surface area (Å²) in [5.41, 5.74) is 0.516. The van der Waals surface area contributed by atoms with E-state index in [1.165, 1.54) is 27.8 Å². The number of thiophene rings is 1. The fourth-order valence-corrected chi connectivity index (χ4v) is 7.76. The van der Waals surface area contributed by atoms with Gasteiger partial charge in [0.15, 0.2) is 5.13 Å². The number of thiazole rings is 1. The molecule has 3 aromatic rings. The normalized spacial score (nSPS) is 17.0. The number of sulfonamides is 1. The summed E-state index contributed by atoms with van der Waals surface area (Å²) in [4.78, 5) is 32.6. The lowest BCUT2D eigenvalue weighted by atomic mass is 10.2. The molecule has 1 aromatic carbocycles. The first-order chi connectivity index (χ1) is 16.2. The topological polar surface area (TPSA) is 117 Å². The number of aromatic nitrogens is 1. The Hall–Kier alpha value is -2.45. The van der Waals surface area contributed by atoms with Crippen molar-refractivity contribution in [3.63, 3.8) is 0 Å². The molecule has 0 aliphatic carbocycles. The van der Waals surface area contributed by atoms with Crippen molar-refractivity contribution in [3.8, 4) is 0 Å². The highest BCUT2D eigenvalue weighted by Crippen LogP contribution is 2.34. The molecule has 34 heavy (non-hydrogen) atoms. The summed E-state index contributed by atoms with van der Waals surface area (Å²) in [7, 11) is 0.105. The molecule has 0 saturated carbocycles. The highest BCUT2D eigenvalue weighted by molar-refractivity contribution is 7.91. The van der Waals surface area contributed by atoms with Crippen LogP contribution in [0, 0.1) is 10.1 Å². The molecule has 10 nitrogen and oxygen atoms in total. The number of fused-ring (bicyclic) bond motifs is 1. The van der Waals surface area contributed by atoms with Crippen LogP contribution in [0.4, 0.5) is 10.8 Å². The zero-order chi connectivity index (χ0) is 24.5. The SMILES string of the molecule is CN(C)CCCN(C(=O)C1CCCN1S(=O)(=O)c1cccs1)c1nc2ccc([N+](=O)[O-])cc2s1. The van der Waals surface area contributed by atoms with Gasteiger partial charge in [-0.2, -0.15) is 4.31 Å². The number of amides is 1. The van der Waals surface area contributed by atoms with Crippen LogP contribution in [-0.4, -0.2) is 73.2 Å². The van der Waals surface area contributed by atoms with E-state index in [4.69, 9.17) is 0 Å². The van der Waals surface area contributed by atoms with E-state index in [-0.39, 0.29) is 22.3 Å². The highest BCUT2D eigenvalue weighted by atomic mass is 32.2. The highest BCUT2D eigenvalue weighted by Gasteiger charge is 2.42. The maximum absolute atomic E-state index is 13.8. The number of non-ortho nitro benzene ring substituents is 1. The van der Waals surface area contributed by atoms with Crippen LogP contribution in [0.1, 0.15) is 19.3 Å². The third-order valence-electron chi connectivity index (χ3n) is 5.60. The first-order valence-electron chi connectivity index (χ1n) is 10.7. The van der Waals surface area contributed by atoms with Crippen molar-refractivity contribution >= 4 is 59.6 Å². The maximum atomic E-state index is 13.8. The average molecular weight is 524 g/mol. The van der Waals surface area contributed by atoms with E-state index in [1.54, 1.807) is 28.5 Å². The van der Waals surface area contributed by atoms with Gasteiger partial charge in [-0.3, -0.25) is 19.8 Å². The number of hydrogen-bond donors (Lipinski definition) is 0. The van der Waals surface area contributed by atoms with E-state index >= 15 is 0 Å². The molecular weight excluding hydrogens is 498 g/mol. The summed E-state index contributed by atoms with van der Waals surface area (Å²) in [6.07, 6.45) is 1.70. The van der Waals surface area contributed by atoms with Crippen LogP contribution in [-0.2, 0) is 14.8 Å². The van der Waals surface area contributed by atoms with Gasteiger partial charge in [0.05, 0.1) is 15.1 Å². The lowest BCUT2D eigenvalue weighted by molar-refractivity contribution is -0.384. The van der Waals surface area contributed by atoms with Gasteiger partial charge in [-0.1, -0.05) is 17.4 Å². The fourth-order valence-electron chi connectivity index (χ4n) is 3.96. The minimum absolute atomic E-state index is 0.0443. The zero-order valence-corrected chi connectivity index (χ0v) is 21.2. The van der Waals surface area contributed by atoms with E-state index in [0.29, 0.717) is 41.2 Å². The van der Waals surface area contributed by atoms with Crippen molar-refractivity contribution in [1.82, 2.24) is 14.2 Å². The lowest BCUT2D eigenvalue weighted by Crippen LogP contribution is -2.48. The molecule has 4 rings (SSSR count). The molecule has 0 bridgehead atoms. The zero-order valence-electron chi connectivity index (χ0n) is 18.8. The van der Waals surface area contributed by atoms with Crippen LogP contribution in [0.25, 0.3) is 10.2 Å². The van der Waals surface area contributed by atoms with Crippen molar-refractivity contribution in [3.05, 3.63) is 45.8 Å².